The van der Waals surface area contributed by atoms with Crippen LogP contribution in [-0.4, -0.2) is 33.4 Å². The molecule has 5 nitrogen and oxygen atoms in total. The molecule has 0 aliphatic carbocycles. The summed E-state index contributed by atoms with van der Waals surface area (Å²) < 4.78 is 0. The molecule has 2 aromatic carbocycles. The highest BCUT2D eigenvalue weighted by molar-refractivity contribution is 6.42. The van der Waals surface area contributed by atoms with E-state index in [0.29, 0.717) is 29.7 Å². The van der Waals surface area contributed by atoms with Gasteiger partial charge in [0.15, 0.2) is 0 Å². The van der Waals surface area contributed by atoms with Gasteiger partial charge in [-0.05, 0) is 24.1 Å². The average molecular weight is 431 g/mol. The monoisotopic (exact) mass is 430 g/mol. The van der Waals surface area contributed by atoms with Crippen LogP contribution in [0.1, 0.15) is 23.7 Å². The van der Waals surface area contributed by atoms with Crippen LogP contribution in [0.4, 0.5) is 0 Å². The van der Waals surface area contributed by atoms with Gasteiger partial charge in [0.1, 0.15) is 0 Å². The van der Waals surface area contributed by atoms with E-state index in [1.165, 1.54) is 0 Å². The fourth-order valence-corrected chi connectivity index (χ4v) is 3.48. The van der Waals surface area contributed by atoms with Crippen molar-refractivity contribution >= 4 is 29.1 Å². The minimum atomic E-state index is -0.334. The van der Waals surface area contributed by atoms with Gasteiger partial charge in [0.05, 0.1) is 22.4 Å². The molecular formula is C22H24Cl2N4O. The summed E-state index contributed by atoms with van der Waals surface area (Å²) >= 11 is 12.5. The number of nitrogens with zero attached hydrogens (tertiary/aromatic N) is 2. The van der Waals surface area contributed by atoms with E-state index in [9.17, 15) is 4.79 Å². The highest BCUT2D eigenvalue weighted by Gasteiger charge is 2.22. The normalized spacial score (nSPS) is 12.0. The largest absolute Gasteiger partial charge is 0.348 e. The van der Waals surface area contributed by atoms with Crippen molar-refractivity contribution in [1.82, 2.24) is 20.2 Å². The molecule has 1 atom stereocenters. The van der Waals surface area contributed by atoms with Gasteiger partial charge in [0.2, 0.25) is 5.91 Å². The summed E-state index contributed by atoms with van der Waals surface area (Å²) in [5, 5.41) is 4.27. The summed E-state index contributed by atoms with van der Waals surface area (Å²) in [5.74, 6) is 0.00880. The Bertz CT molecular complexity index is 916. The molecule has 0 fully saturated rings. The zero-order valence-corrected chi connectivity index (χ0v) is 17.7. The van der Waals surface area contributed by atoms with Gasteiger partial charge in [-0.3, -0.25) is 4.79 Å². The Kier molecular flexibility index (Phi) is 7.69. The molecule has 3 rings (SSSR count). The van der Waals surface area contributed by atoms with E-state index < -0.39 is 0 Å². The number of halogens is 2. The number of hydrogen-bond acceptors (Lipinski definition) is 3. The van der Waals surface area contributed by atoms with Crippen LogP contribution in [0.15, 0.2) is 61.1 Å². The first-order chi connectivity index (χ1) is 14.0. The van der Waals surface area contributed by atoms with Crippen molar-refractivity contribution in [2.75, 3.05) is 6.54 Å². The van der Waals surface area contributed by atoms with Crippen molar-refractivity contribution in [3.63, 3.8) is 0 Å². The maximum Gasteiger partial charge on any atom is 0.240 e. The van der Waals surface area contributed by atoms with Crippen LogP contribution in [0, 0.1) is 0 Å². The highest BCUT2D eigenvalue weighted by atomic mass is 35.5. The number of benzene rings is 2. The SMILES string of the molecule is C[C@H](NCCc1cnc[nH]1)C(=O)N(Cc1ccccc1)Cc1cccc(Cl)c1Cl. The van der Waals surface area contributed by atoms with E-state index in [2.05, 4.69) is 15.3 Å². The fraction of sp³-hybridized carbons (Fsp3) is 0.273. The maximum absolute atomic E-state index is 13.2. The highest BCUT2D eigenvalue weighted by Crippen LogP contribution is 2.27. The van der Waals surface area contributed by atoms with Crippen LogP contribution in [0.25, 0.3) is 0 Å². The average Bonchev–Trinajstić information content (AvgIpc) is 3.24. The second-order valence-corrected chi connectivity index (χ2v) is 7.68. The van der Waals surface area contributed by atoms with Crippen LogP contribution >= 0.6 is 23.2 Å². The molecule has 0 aliphatic heterocycles. The first-order valence-corrected chi connectivity index (χ1v) is 10.3. The van der Waals surface area contributed by atoms with Crippen molar-refractivity contribution in [2.24, 2.45) is 0 Å². The molecule has 1 heterocycles. The van der Waals surface area contributed by atoms with Crippen molar-refractivity contribution in [3.05, 3.63) is 87.9 Å². The number of amides is 1. The summed E-state index contributed by atoms with van der Waals surface area (Å²) in [5.41, 5.74) is 2.92. The number of nitrogens with one attached hydrogen (secondary N) is 2. The summed E-state index contributed by atoms with van der Waals surface area (Å²) in [6.45, 7) is 3.44. The fourth-order valence-electron chi connectivity index (χ4n) is 3.10. The lowest BCUT2D eigenvalue weighted by atomic mass is 10.1. The zero-order valence-electron chi connectivity index (χ0n) is 16.2. The number of rotatable bonds is 9. The molecule has 2 N–H and O–H groups in total. The zero-order chi connectivity index (χ0) is 20.6. The lowest BCUT2D eigenvalue weighted by Crippen LogP contribution is -2.44. The quantitative estimate of drug-likeness (QED) is 0.526. The minimum Gasteiger partial charge on any atom is -0.348 e. The van der Waals surface area contributed by atoms with E-state index in [-0.39, 0.29) is 11.9 Å². The molecule has 7 heteroatoms. The topological polar surface area (TPSA) is 61.0 Å². The Morgan fingerprint density at radius 3 is 2.66 bits per heavy atom. The molecule has 0 bridgehead atoms. The van der Waals surface area contributed by atoms with E-state index >= 15 is 0 Å². The molecule has 1 amide bonds. The molecule has 1 aromatic heterocycles. The van der Waals surface area contributed by atoms with Gasteiger partial charge in [0, 0.05) is 37.9 Å². The number of aromatic amines is 1. The molecule has 0 saturated carbocycles. The van der Waals surface area contributed by atoms with Gasteiger partial charge in [-0.15, -0.1) is 0 Å². The smallest absolute Gasteiger partial charge is 0.240 e. The van der Waals surface area contributed by atoms with Crippen LogP contribution in [0.5, 0.6) is 0 Å². The predicted octanol–water partition coefficient (Wildman–Crippen LogP) is 4.47. The Labute approximate surface area is 181 Å². The van der Waals surface area contributed by atoms with Crippen molar-refractivity contribution in [3.8, 4) is 0 Å². The summed E-state index contributed by atoms with van der Waals surface area (Å²) in [6.07, 6.45) is 4.22. The van der Waals surface area contributed by atoms with Crippen molar-refractivity contribution in [2.45, 2.75) is 32.5 Å². The lowest BCUT2D eigenvalue weighted by Gasteiger charge is -2.27. The molecule has 3 aromatic rings. The summed E-state index contributed by atoms with van der Waals surface area (Å²) in [7, 11) is 0. The molecule has 0 spiro atoms. The van der Waals surface area contributed by atoms with E-state index in [1.807, 2.05) is 49.4 Å². The molecular weight excluding hydrogens is 407 g/mol. The third-order valence-corrected chi connectivity index (χ3v) is 5.55. The molecule has 0 aliphatic rings. The summed E-state index contributed by atoms with van der Waals surface area (Å²) in [4.78, 5) is 22.1. The predicted molar refractivity (Wildman–Crippen MR) is 117 cm³/mol. The van der Waals surface area contributed by atoms with Gasteiger partial charge in [-0.25, -0.2) is 4.98 Å². The molecule has 152 valence electrons. The Hall–Kier alpha value is -2.34. The number of carbonyl (C=O) groups is 1. The van der Waals surface area contributed by atoms with Crippen LogP contribution in [0.3, 0.4) is 0 Å². The Balaban J connectivity index is 1.70. The number of carbonyl (C=O) groups excluding carboxylic acids is 1. The number of aromatic nitrogens is 2. The van der Waals surface area contributed by atoms with Gasteiger partial charge in [-0.1, -0.05) is 65.7 Å². The Morgan fingerprint density at radius 1 is 1.14 bits per heavy atom. The minimum absolute atomic E-state index is 0.00880. The lowest BCUT2D eigenvalue weighted by molar-refractivity contribution is -0.134. The first kappa shape index (κ1) is 21.4. The molecule has 0 radical (unpaired) electrons. The standard InChI is InChI=1S/C22H24Cl2N4O/c1-16(26-11-10-19-12-25-15-27-19)22(29)28(13-17-6-3-2-4-7-17)14-18-8-5-9-20(23)21(18)24/h2-9,12,15-16,26H,10-11,13-14H2,1H3,(H,25,27)/t16-/m0/s1. The number of H-pyrrole nitrogens is 1. The van der Waals surface area contributed by atoms with Crippen LogP contribution < -0.4 is 5.32 Å². The molecule has 0 unspecified atom stereocenters. The molecule has 0 saturated heterocycles. The van der Waals surface area contributed by atoms with Gasteiger partial charge < -0.3 is 15.2 Å². The second kappa shape index (κ2) is 10.4. The Morgan fingerprint density at radius 2 is 1.93 bits per heavy atom. The van der Waals surface area contributed by atoms with Crippen LogP contribution in [0.2, 0.25) is 10.0 Å². The van der Waals surface area contributed by atoms with E-state index in [0.717, 1.165) is 23.2 Å². The molecule has 29 heavy (non-hydrogen) atoms. The van der Waals surface area contributed by atoms with Crippen LogP contribution in [-0.2, 0) is 24.3 Å². The van der Waals surface area contributed by atoms with Gasteiger partial charge >= 0.3 is 0 Å². The third-order valence-electron chi connectivity index (χ3n) is 4.69. The number of imidazole rings is 1. The maximum atomic E-state index is 13.2. The second-order valence-electron chi connectivity index (χ2n) is 6.90. The van der Waals surface area contributed by atoms with Gasteiger partial charge in [-0.2, -0.15) is 0 Å². The van der Waals surface area contributed by atoms with E-state index in [1.54, 1.807) is 23.5 Å². The number of hydrogen-bond donors (Lipinski definition) is 2. The van der Waals surface area contributed by atoms with Crippen molar-refractivity contribution < 1.29 is 4.79 Å². The summed E-state index contributed by atoms with van der Waals surface area (Å²) in [6, 6.07) is 15.1. The van der Waals surface area contributed by atoms with E-state index in [4.69, 9.17) is 23.2 Å². The van der Waals surface area contributed by atoms with Crippen molar-refractivity contribution in [1.29, 1.82) is 0 Å². The van der Waals surface area contributed by atoms with Gasteiger partial charge in [0.25, 0.3) is 0 Å². The third kappa shape index (κ3) is 6.07. The first-order valence-electron chi connectivity index (χ1n) is 9.51.